The fourth-order valence-corrected chi connectivity index (χ4v) is 3.26. The molecule has 0 spiro atoms. The number of benzene rings is 3. The van der Waals surface area contributed by atoms with Gasteiger partial charge in [0.2, 0.25) is 0 Å². The van der Waals surface area contributed by atoms with Gasteiger partial charge >= 0.3 is 0 Å². The Kier molecular flexibility index (Phi) is 3.34. The molecule has 3 aromatic carbocycles. The molecule has 2 aromatic heterocycles. The lowest BCUT2D eigenvalue weighted by Gasteiger charge is -1.92. The lowest BCUT2D eigenvalue weighted by Crippen LogP contribution is -1.71. The lowest BCUT2D eigenvalue weighted by atomic mass is 10.1. The first-order valence-corrected chi connectivity index (χ1v) is 8.45. The van der Waals surface area contributed by atoms with Crippen LogP contribution >= 0.6 is 0 Å². The molecule has 2 heteroatoms. The van der Waals surface area contributed by atoms with Crippen molar-refractivity contribution < 1.29 is 8.83 Å². The third kappa shape index (κ3) is 2.10. The maximum atomic E-state index is 6.04. The highest BCUT2D eigenvalue weighted by Gasteiger charge is 2.13. The van der Waals surface area contributed by atoms with Gasteiger partial charge in [0.1, 0.15) is 22.3 Å². The van der Waals surface area contributed by atoms with Crippen molar-refractivity contribution in [1.82, 2.24) is 0 Å². The van der Waals surface area contributed by atoms with Crippen LogP contribution < -0.4 is 0 Å². The second-order valence-electron chi connectivity index (χ2n) is 6.05. The third-order valence-electron chi connectivity index (χ3n) is 4.38. The summed E-state index contributed by atoms with van der Waals surface area (Å²) in [5.74, 6) is 0. The number of fused-ring (bicyclic) bond motifs is 6. The molecule has 0 unspecified atom stereocenters. The summed E-state index contributed by atoms with van der Waals surface area (Å²) in [4.78, 5) is 0. The van der Waals surface area contributed by atoms with Crippen LogP contribution in [0, 0.1) is 13.8 Å². The van der Waals surface area contributed by atoms with Gasteiger partial charge in [-0.05, 0) is 49.2 Å². The molecule has 0 bridgehead atoms. The van der Waals surface area contributed by atoms with Crippen molar-refractivity contribution in [3.63, 3.8) is 0 Å². The van der Waals surface area contributed by atoms with Gasteiger partial charge in [0.15, 0.2) is 0 Å². The number of hydrogen-bond acceptors (Lipinski definition) is 2. The van der Waals surface area contributed by atoms with Crippen molar-refractivity contribution in [2.75, 3.05) is 0 Å². The predicted octanol–water partition coefficient (Wildman–Crippen LogP) is 7.13. The minimum absolute atomic E-state index is 0.913. The molecule has 5 aromatic rings. The Morgan fingerprint density at radius 3 is 1.29 bits per heavy atom. The van der Waals surface area contributed by atoms with E-state index in [-0.39, 0.29) is 0 Å². The summed E-state index contributed by atoms with van der Waals surface area (Å²) in [5.41, 5.74) is 6.10. The molecule has 24 heavy (non-hydrogen) atoms. The molecule has 120 valence electrons. The van der Waals surface area contributed by atoms with E-state index in [4.69, 9.17) is 8.83 Å². The normalized spacial score (nSPS) is 11.3. The standard InChI is InChI=1S/C20H14O2.C2H6/c1-11-3-5-13-15-9-20-16(10-19(15)21-17(13)7-11)14-6-4-12(2)8-18(14)22-20;1-2/h3-10H,1-2H3;1-2H3. The van der Waals surface area contributed by atoms with E-state index in [2.05, 4.69) is 62.4 Å². The first-order valence-electron chi connectivity index (χ1n) is 8.45. The van der Waals surface area contributed by atoms with E-state index in [1.807, 2.05) is 13.8 Å². The molecule has 0 atom stereocenters. The summed E-state index contributed by atoms with van der Waals surface area (Å²) in [6.45, 7) is 8.16. The van der Waals surface area contributed by atoms with Gasteiger partial charge in [-0.25, -0.2) is 0 Å². The zero-order chi connectivity index (χ0) is 16.8. The molecule has 5 rings (SSSR count). The highest BCUT2D eigenvalue weighted by molar-refractivity contribution is 6.14. The maximum absolute atomic E-state index is 6.04. The van der Waals surface area contributed by atoms with Gasteiger partial charge in [0, 0.05) is 21.5 Å². The quantitative estimate of drug-likeness (QED) is 0.304. The number of rotatable bonds is 0. The molecule has 0 fully saturated rings. The van der Waals surface area contributed by atoms with Gasteiger partial charge in [-0.3, -0.25) is 0 Å². The van der Waals surface area contributed by atoms with Crippen molar-refractivity contribution in [2.45, 2.75) is 27.7 Å². The van der Waals surface area contributed by atoms with Gasteiger partial charge in [-0.15, -0.1) is 0 Å². The Bertz CT molecular complexity index is 1090. The van der Waals surface area contributed by atoms with Gasteiger partial charge in [0.25, 0.3) is 0 Å². The van der Waals surface area contributed by atoms with Crippen molar-refractivity contribution in [3.05, 3.63) is 59.7 Å². The average molecular weight is 316 g/mol. The van der Waals surface area contributed by atoms with Crippen molar-refractivity contribution in [2.24, 2.45) is 0 Å². The van der Waals surface area contributed by atoms with E-state index < -0.39 is 0 Å². The van der Waals surface area contributed by atoms with Crippen LogP contribution in [0.3, 0.4) is 0 Å². The van der Waals surface area contributed by atoms with E-state index in [0.717, 1.165) is 43.9 Å². The molecular formula is C22H20O2. The topological polar surface area (TPSA) is 26.3 Å². The van der Waals surface area contributed by atoms with Crippen LogP contribution in [-0.2, 0) is 0 Å². The maximum Gasteiger partial charge on any atom is 0.136 e. The summed E-state index contributed by atoms with van der Waals surface area (Å²) >= 11 is 0. The van der Waals surface area contributed by atoms with Crippen LogP contribution in [0.4, 0.5) is 0 Å². The van der Waals surface area contributed by atoms with Crippen molar-refractivity contribution in [3.8, 4) is 0 Å². The Hall–Kier alpha value is -2.74. The van der Waals surface area contributed by atoms with Gasteiger partial charge in [-0.1, -0.05) is 38.1 Å². The number of furan rings is 2. The fraction of sp³-hybridized carbons (Fsp3) is 0.182. The molecule has 2 heterocycles. The van der Waals surface area contributed by atoms with Crippen LogP contribution in [0.25, 0.3) is 43.9 Å². The van der Waals surface area contributed by atoms with Crippen LogP contribution in [0.2, 0.25) is 0 Å². The second-order valence-corrected chi connectivity index (χ2v) is 6.05. The molecule has 0 saturated heterocycles. The Morgan fingerprint density at radius 2 is 0.875 bits per heavy atom. The fourth-order valence-electron chi connectivity index (χ4n) is 3.26. The Labute approximate surface area is 140 Å². The zero-order valence-corrected chi connectivity index (χ0v) is 14.4. The lowest BCUT2D eigenvalue weighted by molar-refractivity contribution is 0.663. The van der Waals surface area contributed by atoms with Crippen LogP contribution in [0.5, 0.6) is 0 Å². The molecule has 0 amide bonds. The average Bonchev–Trinajstić information content (AvgIpc) is 3.10. The van der Waals surface area contributed by atoms with Crippen molar-refractivity contribution >= 4 is 43.9 Å². The molecule has 0 saturated carbocycles. The van der Waals surface area contributed by atoms with E-state index >= 15 is 0 Å². The van der Waals surface area contributed by atoms with E-state index in [1.54, 1.807) is 0 Å². The number of hydrogen-bond donors (Lipinski definition) is 0. The first kappa shape index (κ1) is 14.8. The second kappa shape index (κ2) is 5.41. The monoisotopic (exact) mass is 316 g/mol. The van der Waals surface area contributed by atoms with E-state index in [1.165, 1.54) is 11.1 Å². The van der Waals surface area contributed by atoms with Gasteiger partial charge in [-0.2, -0.15) is 0 Å². The summed E-state index contributed by atoms with van der Waals surface area (Å²) in [6.07, 6.45) is 0. The predicted molar refractivity (Wildman–Crippen MR) is 102 cm³/mol. The summed E-state index contributed by atoms with van der Waals surface area (Å²) in [6, 6.07) is 16.8. The molecule has 0 aliphatic heterocycles. The summed E-state index contributed by atoms with van der Waals surface area (Å²) in [5, 5.41) is 4.50. The molecular weight excluding hydrogens is 296 g/mol. The van der Waals surface area contributed by atoms with Crippen LogP contribution in [0.15, 0.2) is 57.4 Å². The largest absolute Gasteiger partial charge is 0.456 e. The van der Waals surface area contributed by atoms with E-state index in [0.29, 0.717) is 0 Å². The third-order valence-corrected chi connectivity index (χ3v) is 4.38. The Balaban J connectivity index is 0.000000704. The van der Waals surface area contributed by atoms with E-state index in [9.17, 15) is 0 Å². The highest BCUT2D eigenvalue weighted by Crippen LogP contribution is 2.36. The minimum atomic E-state index is 0.913. The Morgan fingerprint density at radius 1 is 0.500 bits per heavy atom. The zero-order valence-electron chi connectivity index (χ0n) is 14.4. The molecule has 0 aliphatic rings. The molecule has 0 aliphatic carbocycles. The summed E-state index contributed by atoms with van der Waals surface area (Å²) < 4.78 is 12.1. The minimum Gasteiger partial charge on any atom is -0.456 e. The van der Waals surface area contributed by atoms with Crippen LogP contribution in [-0.4, -0.2) is 0 Å². The molecule has 2 nitrogen and oxygen atoms in total. The summed E-state index contributed by atoms with van der Waals surface area (Å²) in [7, 11) is 0. The highest BCUT2D eigenvalue weighted by atomic mass is 16.3. The first-order chi connectivity index (χ1) is 11.7. The van der Waals surface area contributed by atoms with Gasteiger partial charge < -0.3 is 8.83 Å². The van der Waals surface area contributed by atoms with Crippen molar-refractivity contribution in [1.29, 1.82) is 0 Å². The van der Waals surface area contributed by atoms with Crippen LogP contribution in [0.1, 0.15) is 25.0 Å². The van der Waals surface area contributed by atoms with Gasteiger partial charge in [0.05, 0.1) is 0 Å². The smallest absolute Gasteiger partial charge is 0.136 e. The number of aryl methyl sites for hydroxylation is 2. The molecule has 0 radical (unpaired) electrons. The SMILES string of the molecule is CC.Cc1ccc2c(c1)oc1cc3c(cc12)oc1cc(C)ccc13. The molecule has 0 N–H and O–H groups in total.